The number of aromatic nitrogens is 2. The summed E-state index contributed by atoms with van der Waals surface area (Å²) in [4.78, 5) is 21.5. The Morgan fingerprint density at radius 1 is 1.10 bits per heavy atom. The molecule has 1 spiro atoms. The third-order valence-corrected chi connectivity index (χ3v) is 6.52. The Labute approximate surface area is 181 Å². The van der Waals surface area contributed by atoms with Crippen LogP contribution in [-0.4, -0.2) is 54.2 Å². The predicted molar refractivity (Wildman–Crippen MR) is 117 cm³/mol. The monoisotopic (exact) mass is 418 g/mol. The van der Waals surface area contributed by atoms with Crippen LogP contribution >= 0.6 is 0 Å². The third kappa shape index (κ3) is 3.49. The first kappa shape index (κ1) is 19.8. The largest absolute Gasteiger partial charge is 0.492 e. The zero-order valence-corrected chi connectivity index (χ0v) is 17.9. The standard InChI is InChI=1S/C24H26N4O3/c1-17-25-22(26-31-17)18-7-9-19(10-8-18)30-16-15-28-13-11-24(12-14-28)20-5-3-4-6-21(20)27(2)23(24)29/h3-10H,11-16H2,1-2H3. The molecular weight excluding hydrogens is 392 g/mol. The fraction of sp³-hybridized carbons (Fsp3) is 0.375. The number of nitrogens with zero attached hydrogens (tertiary/aromatic N) is 4. The first-order chi connectivity index (χ1) is 15.1. The maximum atomic E-state index is 13.0. The van der Waals surface area contributed by atoms with E-state index in [0.717, 1.165) is 49.5 Å². The molecule has 7 nitrogen and oxygen atoms in total. The highest BCUT2D eigenvalue weighted by atomic mass is 16.5. The summed E-state index contributed by atoms with van der Waals surface area (Å²) in [6.45, 7) is 5.02. The van der Waals surface area contributed by atoms with Crippen molar-refractivity contribution in [3.63, 3.8) is 0 Å². The number of hydrogen-bond donors (Lipinski definition) is 0. The number of carbonyl (C=O) groups excluding carboxylic acids is 1. The van der Waals surface area contributed by atoms with Crippen LogP contribution in [0.3, 0.4) is 0 Å². The number of likely N-dealkylation sites (N-methyl/N-ethyl adjacent to an activating group) is 1. The lowest BCUT2D eigenvalue weighted by atomic mass is 9.73. The SMILES string of the molecule is Cc1nc(-c2ccc(OCCN3CCC4(CC3)C(=O)N(C)c3ccccc34)cc2)no1. The van der Waals surface area contributed by atoms with Gasteiger partial charge in [0.15, 0.2) is 0 Å². The lowest BCUT2D eigenvalue weighted by Crippen LogP contribution is -2.48. The van der Waals surface area contributed by atoms with Crippen molar-refractivity contribution >= 4 is 11.6 Å². The molecule has 0 atom stereocenters. The molecule has 0 radical (unpaired) electrons. The van der Waals surface area contributed by atoms with Gasteiger partial charge in [-0.2, -0.15) is 4.98 Å². The molecule has 3 heterocycles. The summed E-state index contributed by atoms with van der Waals surface area (Å²) in [5.41, 5.74) is 2.79. The molecule has 2 aliphatic rings. The molecule has 0 aliphatic carbocycles. The molecule has 1 fully saturated rings. The zero-order chi connectivity index (χ0) is 21.4. The van der Waals surface area contributed by atoms with Gasteiger partial charge in [-0.15, -0.1) is 0 Å². The van der Waals surface area contributed by atoms with Crippen LogP contribution in [0.1, 0.15) is 24.3 Å². The molecule has 160 valence electrons. The Balaban J connectivity index is 1.15. The number of benzene rings is 2. The van der Waals surface area contributed by atoms with Gasteiger partial charge in [0.25, 0.3) is 0 Å². The zero-order valence-electron chi connectivity index (χ0n) is 17.9. The quantitative estimate of drug-likeness (QED) is 0.632. The Hall–Kier alpha value is -3.19. The third-order valence-electron chi connectivity index (χ3n) is 6.52. The van der Waals surface area contributed by atoms with Crippen molar-refractivity contribution in [1.29, 1.82) is 0 Å². The maximum Gasteiger partial charge on any atom is 0.237 e. The lowest BCUT2D eigenvalue weighted by Gasteiger charge is -2.38. The van der Waals surface area contributed by atoms with Crippen LogP contribution in [0, 0.1) is 6.92 Å². The normalized spacial score (nSPS) is 17.9. The van der Waals surface area contributed by atoms with Crippen LogP contribution in [0.5, 0.6) is 5.75 Å². The number of para-hydroxylation sites is 1. The molecular formula is C24H26N4O3. The summed E-state index contributed by atoms with van der Waals surface area (Å²) in [5.74, 6) is 2.19. The molecule has 2 aromatic carbocycles. The molecule has 5 rings (SSSR count). The van der Waals surface area contributed by atoms with Gasteiger partial charge in [0.2, 0.25) is 17.6 Å². The summed E-state index contributed by atoms with van der Waals surface area (Å²) in [5, 5.41) is 3.93. The number of likely N-dealkylation sites (tertiary alicyclic amines) is 1. The van der Waals surface area contributed by atoms with Crippen LogP contribution in [0.25, 0.3) is 11.4 Å². The number of rotatable bonds is 5. The van der Waals surface area contributed by atoms with Crippen molar-refractivity contribution in [2.75, 3.05) is 38.2 Å². The minimum absolute atomic E-state index is 0.237. The van der Waals surface area contributed by atoms with Crippen molar-refractivity contribution in [2.24, 2.45) is 0 Å². The van der Waals surface area contributed by atoms with Gasteiger partial charge >= 0.3 is 0 Å². The Morgan fingerprint density at radius 2 is 1.84 bits per heavy atom. The molecule has 31 heavy (non-hydrogen) atoms. The Kier molecular flexibility index (Phi) is 4.98. The number of fused-ring (bicyclic) bond motifs is 2. The molecule has 0 bridgehead atoms. The van der Waals surface area contributed by atoms with E-state index in [0.29, 0.717) is 18.3 Å². The van der Waals surface area contributed by atoms with E-state index in [1.165, 1.54) is 5.56 Å². The van der Waals surface area contributed by atoms with Crippen LogP contribution < -0.4 is 9.64 Å². The van der Waals surface area contributed by atoms with Gasteiger partial charge in [0.05, 0.1) is 5.41 Å². The highest BCUT2D eigenvalue weighted by Crippen LogP contribution is 2.47. The van der Waals surface area contributed by atoms with Crippen LogP contribution in [0.2, 0.25) is 0 Å². The van der Waals surface area contributed by atoms with E-state index in [2.05, 4.69) is 21.1 Å². The Bertz CT molecular complexity index is 1080. The van der Waals surface area contributed by atoms with Gasteiger partial charge in [0, 0.05) is 31.8 Å². The summed E-state index contributed by atoms with van der Waals surface area (Å²) in [6, 6.07) is 15.9. The van der Waals surface area contributed by atoms with E-state index in [-0.39, 0.29) is 11.3 Å². The van der Waals surface area contributed by atoms with Gasteiger partial charge in [-0.05, 0) is 61.8 Å². The van der Waals surface area contributed by atoms with E-state index in [9.17, 15) is 4.79 Å². The van der Waals surface area contributed by atoms with Crippen LogP contribution in [-0.2, 0) is 10.2 Å². The van der Waals surface area contributed by atoms with Crippen molar-refractivity contribution in [1.82, 2.24) is 15.0 Å². The first-order valence-corrected chi connectivity index (χ1v) is 10.7. The first-order valence-electron chi connectivity index (χ1n) is 10.7. The van der Waals surface area contributed by atoms with E-state index in [1.54, 1.807) is 6.92 Å². The van der Waals surface area contributed by atoms with E-state index < -0.39 is 0 Å². The smallest absolute Gasteiger partial charge is 0.237 e. The molecule has 0 N–H and O–H groups in total. The van der Waals surface area contributed by atoms with Crippen LogP contribution in [0.4, 0.5) is 5.69 Å². The fourth-order valence-electron chi connectivity index (χ4n) is 4.77. The maximum absolute atomic E-state index is 13.0. The minimum Gasteiger partial charge on any atom is -0.492 e. The molecule has 1 amide bonds. The second-order valence-electron chi connectivity index (χ2n) is 8.31. The van der Waals surface area contributed by atoms with Gasteiger partial charge in [-0.3, -0.25) is 9.69 Å². The number of ether oxygens (including phenoxy) is 1. The van der Waals surface area contributed by atoms with Crippen molar-refractivity contribution in [2.45, 2.75) is 25.2 Å². The van der Waals surface area contributed by atoms with E-state index in [1.807, 2.05) is 54.4 Å². The number of anilines is 1. The van der Waals surface area contributed by atoms with E-state index in [4.69, 9.17) is 9.26 Å². The van der Waals surface area contributed by atoms with Gasteiger partial charge in [-0.1, -0.05) is 23.4 Å². The topological polar surface area (TPSA) is 71.7 Å². The highest BCUT2D eigenvalue weighted by Gasteiger charge is 2.50. The number of hydrogen-bond acceptors (Lipinski definition) is 6. The van der Waals surface area contributed by atoms with Crippen LogP contribution in [0.15, 0.2) is 53.1 Å². The number of amides is 1. The van der Waals surface area contributed by atoms with Crippen molar-refractivity contribution < 1.29 is 14.1 Å². The van der Waals surface area contributed by atoms with Crippen molar-refractivity contribution in [3.05, 3.63) is 60.0 Å². The lowest BCUT2D eigenvalue weighted by molar-refractivity contribution is -0.124. The summed E-state index contributed by atoms with van der Waals surface area (Å²) in [6.07, 6.45) is 1.71. The number of aryl methyl sites for hydroxylation is 1. The average molecular weight is 418 g/mol. The summed E-state index contributed by atoms with van der Waals surface area (Å²) < 4.78 is 11.0. The van der Waals surface area contributed by atoms with Gasteiger partial charge in [-0.25, -0.2) is 0 Å². The molecule has 1 aromatic heterocycles. The predicted octanol–water partition coefficient (Wildman–Crippen LogP) is 3.43. The summed E-state index contributed by atoms with van der Waals surface area (Å²) in [7, 11) is 1.89. The van der Waals surface area contributed by atoms with Crippen molar-refractivity contribution in [3.8, 4) is 17.1 Å². The van der Waals surface area contributed by atoms with Gasteiger partial charge in [0.1, 0.15) is 12.4 Å². The number of carbonyl (C=O) groups is 1. The van der Waals surface area contributed by atoms with Gasteiger partial charge < -0.3 is 14.2 Å². The molecule has 3 aromatic rings. The minimum atomic E-state index is -0.355. The van der Waals surface area contributed by atoms with E-state index >= 15 is 0 Å². The molecule has 7 heteroatoms. The molecule has 0 unspecified atom stereocenters. The summed E-state index contributed by atoms with van der Waals surface area (Å²) >= 11 is 0. The Morgan fingerprint density at radius 3 is 2.55 bits per heavy atom. The molecule has 1 saturated heterocycles. The fourth-order valence-corrected chi connectivity index (χ4v) is 4.77. The highest BCUT2D eigenvalue weighted by molar-refractivity contribution is 6.07. The second-order valence-corrected chi connectivity index (χ2v) is 8.31. The average Bonchev–Trinajstić information content (AvgIpc) is 3.32. The number of piperidine rings is 1. The molecule has 0 saturated carbocycles. The molecule has 2 aliphatic heterocycles. The second kappa shape index (κ2) is 7.81.